The number of hydrogen-bond acceptors (Lipinski definition) is 5. The van der Waals surface area contributed by atoms with Crippen LogP contribution in [0.5, 0.6) is 0 Å². The van der Waals surface area contributed by atoms with Crippen LogP contribution in [0, 0.1) is 6.92 Å². The average Bonchev–Trinajstić information content (AvgIpc) is 2.96. The molecule has 0 unspecified atom stereocenters. The van der Waals surface area contributed by atoms with Gasteiger partial charge < -0.3 is 10.0 Å². The molecule has 0 aromatic carbocycles. The van der Waals surface area contributed by atoms with E-state index in [0.717, 1.165) is 34.6 Å². The van der Waals surface area contributed by atoms with Gasteiger partial charge >= 0.3 is 5.97 Å². The van der Waals surface area contributed by atoms with Crippen LogP contribution in [0.4, 0.5) is 5.82 Å². The topological polar surface area (TPSA) is 66.3 Å². The van der Waals surface area contributed by atoms with Crippen molar-refractivity contribution in [2.24, 2.45) is 0 Å². The van der Waals surface area contributed by atoms with Crippen molar-refractivity contribution < 1.29 is 9.90 Å². The summed E-state index contributed by atoms with van der Waals surface area (Å²) < 4.78 is 0. The first kappa shape index (κ1) is 11.4. The summed E-state index contributed by atoms with van der Waals surface area (Å²) in [4.78, 5) is 22.6. The van der Waals surface area contributed by atoms with Gasteiger partial charge in [0.05, 0.1) is 5.39 Å². The summed E-state index contributed by atoms with van der Waals surface area (Å²) in [5.41, 5.74) is 1.11. The number of fused-ring (bicyclic) bond motifs is 1. The maximum atomic E-state index is 11.3. The summed E-state index contributed by atoms with van der Waals surface area (Å²) in [6.07, 6.45) is 3.10. The fourth-order valence-corrected chi connectivity index (χ4v) is 3.38. The van der Waals surface area contributed by atoms with Crippen LogP contribution in [0.15, 0.2) is 11.7 Å². The van der Waals surface area contributed by atoms with Gasteiger partial charge in [0, 0.05) is 6.54 Å². The van der Waals surface area contributed by atoms with Crippen LogP contribution in [-0.2, 0) is 4.79 Å². The van der Waals surface area contributed by atoms with Crippen molar-refractivity contribution in [1.29, 1.82) is 0 Å². The molecule has 2 aromatic rings. The first-order chi connectivity index (χ1) is 8.68. The average molecular weight is 263 g/mol. The highest BCUT2D eigenvalue weighted by molar-refractivity contribution is 7.17. The molecule has 0 aliphatic carbocycles. The highest BCUT2D eigenvalue weighted by atomic mass is 32.1. The van der Waals surface area contributed by atoms with Crippen molar-refractivity contribution in [2.45, 2.75) is 25.8 Å². The zero-order valence-electron chi connectivity index (χ0n) is 9.96. The molecule has 94 valence electrons. The third kappa shape index (κ3) is 1.64. The Labute approximate surface area is 108 Å². The lowest BCUT2D eigenvalue weighted by atomic mass is 10.2. The van der Waals surface area contributed by atoms with Gasteiger partial charge in [-0.1, -0.05) is 0 Å². The second-order valence-electron chi connectivity index (χ2n) is 4.49. The van der Waals surface area contributed by atoms with E-state index in [1.807, 2.05) is 17.2 Å². The molecule has 1 aliphatic heterocycles. The van der Waals surface area contributed by atoms with Crippen LogP contribution in [-0.4, -0.2) is 33.6 Å². The Morgan fingerprint density at radius 2 is 2.39 bits per heavy atom. The first-order valence-corrected chi connectivity index (χ1v) is 6.74. The molecule has 1 aliphatic rings. The Balaban J connectivity index is 2.14. The molecule has 3 heterocycles. The molecule has 6 heteroatoms. The maximum Gasteiger partial charge on any atom is 0.326 e. The van der Waals surface area contributed by atoms with Gasteiger partial charge in [-0.25, -0.2) is 14.8 Å². The molecule has 1 fully saturated rings. The van der Waals surface area contributed by atoms with Crippen molar-refractivity contribution in [3.05, 3.63) is 17.3 Å². The number of carbonyl (C=O) groups is 1. The standard InChI is InChI=1S/C12H13N3O2S/c1-7-5-18-11-9(7)10(13-6-14-11)15-4-2-3-8(15)12(16)17/h5-6,8H,2-4H2,1H3,(H,16,17)/t8-/m0/s1. The molecule has 1 saturated heterocycles. The Kier molecular flexibility index (Phi) is 2.66. The predicted molar refractivity (Wildman–Crippen MR) is 70.2 cm³/mol. The van der Waals surface area contributed by atoms with Gasteiger partial charge in [-0.3, -0.25) is 0 Å². The highest BCUT2D eigenvalue weighted by Gasteiger charge is 2.32. The van der Waals surface area contributed by atoms with Gasteiger partial charge in [0.2, 0.25) is 0 Å². The fourth-order valence-electron chi connectivity index (χ4n) is 2.49. The predicted octanol–water partition coefficient (Wildman–Crippen LogP) is 2.05. The van der Waals surface area contributed by atoms with Crippen LogP contribution in [0.3, 0.4) is 0 Å². The van der Waals surface area contributed by atoms with Crippen molar-refractivity contribution in [2.75, 3.05) is 11.4 Å². The minimum Gasteiger partial charge on any atom is -0.480 e. The number of carboxylic acid groups (broad SMARTS) is 1. The van der Waals surface area contributed by atoms with E-state index in [9.17, 15) is 9.90 Å². The van der Waals surface area contributed by atoms with Crippen LogP contribution < -0.4 is 4.90 Å². The summed E-state index contributed by atoms with van der Waals surface area (Å²) in [6, 6.07) is -0.456. The van der Waals surface area contributed by atoms with E-state index < -0.39 is 12.0 Å². The van der Waals surface area contributed by atoms with E-state index in [2.05, 4.69) is 9.97 Å². The number of hydrogen-bond donors (Lipinski definition) is 1. The van der Waals surface area contributed by atoms with E-state index in [-0.39, 0.29) is 0 Å². The number of anilines is 1. The number of aryl methyl sites for hydroxylation is 1. The Morgan fingerprint density at radius 1 is 1.56 bits per heavy atom. The van der Waals surface area contributed by atoms with Crippen LogP contribution in [0.1, 0.15) is 18.4 Å². The van der Waals surface area contributed by atoms with Gasteiger partial charge in [0.25, 0.3) is 0 Å². The van der Waals surface area contributed by atoms with Gasteiger partial charge in [0.1, 0.15) is 23.0 Å². The second-order valence-corrected chi connectivity index (χ2v) is 5.34. The zero-order chi connectivity index (χ0) is 12.7. The molecular formula is C12H13N3O2S. The monoisotopic (exact) mass is 263 g/mol. The van der Waals surface area contributed by atoms with Gasteiger partial charge in [-0.05, 0) is 30.7 Å². The molecule has 0 saturated carbocycles. The lowest BCUT2D eigenvalue weighted by molar-refractivity contribution is -0.138. The second kappa shape index (κ2) is 4.20. The van der Waals surface area contributed by atoms with Gasteiger partial charge in [0.15, 0.2) is 0 Å². The smallest absolute Gasteiger partial charge is 0.326 e. The molecule has 3 rings (SSSR count). The molecule has 18 heavy (non-hydrogen) atoms. The molecule has 0 spiro atoms. The number of carboxylic acids is 1. The minimum absolute atomic E-state index is 0.456. The van der Waals surface area contributed by atoms with E-state index in [0.29, 0.717) is 6.42 Å². The number of thiophene rings is 1. The number of rotatable bonds is 2. The van der Waals surface area contributed by atoms with Crippen molar-refractivity contribution >= 4 is 33.3 Å². The molecule has 1 atom stereocenters. The zero-order valence-corrected chi connectivity index (χ0v) is 10.8. The lowest BCUT2D eigenvalue weighted by Crippen LogP contribution is -2.36. The quantitative estimate of drug-likeness (QED) is 0.898. The third-order valence-electron chi connectivity index (χ3n) is 3.34. The summed E-state index contributed by atoms with van der Waals surface area (Å²) in [7, 11) is 0. The maximum absolute atomic E-state index is 11.3. The van der Waals surface area contributed by atoms with E-state index >= 15 is 0 Å². The van der Waals surface area contributed by atoms with Crippen molar-refractivity contribution in [1.82, 2.24) is 9.97 Å². The van der Waals surface area contributed by atoms with Crippen molar-refractivity contribution in [3.63, 3.8) is 0 Å². The Morgan fingerprint density at radius 3 is 3.17 bits per heavy atom. The van der Waals surface area contributed by atoms with Crippen LogP contribution in [0.25, 0.3) is 10.2 Å². The summed E-state index contributed by atoms with van der Waals surface area (Å²) in [6.45, 7) is 2.76. The largest absolute Gasteiger partial charge is 0.480 e. The lowest BCUT2D eigenvalue weighted by Gasteiger charge is -2.23. The SMILES string of the molecule is Cc1csc2ncnc(N3CCC[C@H]3C(=O)O)c12. The minimum atomic E-state index is -0.771. The van der Waals surface area contributed by atoms with E-state index in [4.69, 9.17) is 0 Å². The Bertz CT molecular complexity index is 610. The number of aliphatic carboxylic acids is 1. The third-order valence-corrected chi connectivity index (χ3v) is 4.35. The van der Waals surface area contributed by atoms with E-state index in [1.165, 1.54) is 6.33 Å². The molecule has 0 radical (unpaired) electrons. The number of nitrogens with zero attached hydrogens (tertiary/aromatic N) is 3. The highest BCUT2D eigenvalue weighted by Crippen LogP contribution is 2.34. The molecule has 1 N–H and O–H groups in total. The summed E-state index contributed by atoms with van der Waals surface area (Å²) in [5, 5.41) is 12.3. The summed E-state index contributed by atoms with van der Waals surface area (Å²) >= 11 is 1.57. The summed E-state index contributed by atoms with van der Waals surface area (Å²) in [5.74, 6) is -0.00389. The molecule has 2 aromatic heterocycles. The molecule has 5 nitrogen and oxygen atoms in total. The Hall–Kier alpha value is -1.69. The number of aromatic nitrogens is 2. The van der Waals surface area contributed by atoms with Crippen LogP contribution in [0.2, 0.25) is 0 Å². The molecular weight excluding hydrogens is 250 g/mol. The van der Waals surface area contributed by atoms with Gasteiger partial charge in [-0.2, -0.15) is 0 Å². The normalized spacial score (nSPS) is 19.6. The van der Waals surface area contributed by atoms with Crippen LogP contribution >= 0.6 is 11.3 Å². The van der Waals surface area contributed by atoms with Crippen molar-refractivity contribution in [3.8, 4) is 0 Å². The fraction of sp³-hybridized carbons (Fsp3) is 0.417. The first-order valence-electron chi connectivity index (χ1n) is 5.86. The van der Waals surface area contributed by atoms with E-state index in [1.54, 1.807) is 11.3 Å². The molecule has 0 amide bonds. The molecule has 0 bridgehead atoms. The van der Waals surface area contributed by atoms with Gasteiger partial charge in [-0.15, -0.1) is 11.3 Å².